The van der Waals surface area contributed by atoms with E-state index in [0.29, 0.717) is 0 Å². The molecular formula is C10H8F5NO. The summed E-state index contributed by atoms with van der Waals surface area (Å²) >= 11 is 0. The second-order valence-electron chi connectivity index (χ2n) is 2.95. The van der Waals surface area contributed by atoms with Crippen molar-refractivity contribution in [1.82, 2.24) is 5.48 Å². The first-order chi connectivity index (χ1) is 8.00. The van der Waals surface area contributed by atoms with Crippen LogP contribution in [0.2, 0.25) is 0 Å². The van der Waals surface area contributed by atoms with Gasteiger partial charge in [0.05, 0.1) is 5.56 Å². The molecule has 0 atom stereocenters. The summed E-state index contributed by atoms with van der Waals surface area (Å²) in [5, 5.41) is 0. The van der Waals surface area contributed by atoms with Gasteiger partial charge < -0.3 is 0 Å². The molecule has 0 aliphatic rings. The van der Waals surface area contributed by atoms with Gasteiger partial charge in [-0.25, -0.2) is 22.0 Å². The van der Waals surface area contributed by atoms with E-state index in [4.69, 9.17) is 0 Å². The maximum absolute atomic E-state index is 13.1. The standard InChI is InChI=1S/C10H8F5NO/c1-2-3-16-17-4-5-6(11)8(13)10(15)9(14)7(5)12/h2-3,16H,4H2,1H3. The maximum atomic E-state index is 13.1. The van der Waals surface area contributed by atoms with E-state index in [9.17, 15) is 22.0 Å². The molecule has 7 heteroatoms. The van der Waals surface area contributed by atoms with E-state index in [-0.39, 0.29) is 0 Å². The minimum Gasteiger partial charge on any atom is -0.274 e. The largest absolute Gasteiger partial charge is 0.274 e. The predicted octanol–water partition coefficient (Wildman–Crippen LogP) is 2.94. The minimum atomic E-state index is -2.19. The van der Waals surface area contributed by atoms with Crippen LogP contribution in [0.3, 0.4) is 0 Å². The monoisotopic (exact) mass is 253 g/mol. The van der Waals surface area contributed by atoms with Gasteiger partial charge in [-0.1, -0.05) is 6.08 Å². The van der Waals surface area contributed by atoms with Crippen molar-refractivity contribution in [1.29, 1.82) is 0 Å². The molecule has 1 rings (SSSR count). The fourth-order valence-corrected chi connectivity index (χ4v) is 1.01. The molecule has 0 bridgehead atoms. The summed E-state index contributed by atoms with van der Waals surface area (Å²) < 4.78 is 64.2. The van der Waals surface area contributed by atoms with Crippen molar-refractivity contribution >= 4 is 0 Å². The van der Waals surface area contributed by atoms with Crippen molar-refractivity contribution in [2.45, 2.75) is 13.5 Å². The van der Waals surface area contributed by atoms with Gasteiger partial charge in [0.2, 0.25) is 5.82 Å². The zero-order valence-corrected chi connectivity index (χ0v) is 8.66. The molecule has 0 unspecified atom stereocenters. The van der Waals surface area contributed by atoms with Gasteiger partial charge in [0, 0.05) is 6.20 Å². The normalized spacial score (nSPS) is 11.2. The predicted molar refractivity (Wildman–Crippen MR) is 49.0 cm³/mol. The van der Waals surface area contributed by atoms with E-state index >= 15 is 0 Å². The second-order valence-corrected chi connectivity index (χ2v) is 2.95. The van der Waals surface area contributed by atoms with Crippen LogP contribution >= 0.6 is 0 Å². The molecule has 17 heavy (non-hydrogen) atoms. The summed E-state index contributed by atoms with van der Waals surface area (Å²) in [5.41, 5.74) is 1.11. The Morgan fingerprint density at radius 3 is 1.88 bits per heavy atom. The van der Waals surface area contributed by atoms with Gasteiger partial charge in [-0.15, -0.1) is 0 Å². The van der Waals surface area contributed by atoms with Crippen molar-refractivity contribution in [2.24, 2.45) is 0 Å². The van der Waals surface area contributed by atoms with E-state index < -0.39 is 41.3 Å². The first-order valence-corrected chi connectivity index (χ1v) is 4.49. The third-order valence-corrected chi connectivity index (χ3v) is 1.84. The van der Waals surface area contributed by atoms with E-state index in [1.165, 1.54) is 12.3 Å². The topological polar surface area (TPSA) is 21.3 Å². The molecule has 0 fully saturated rings. The first kappa shape index (κ1) is 13.4. The summed E-state index contributed by atoms with van der Waals surface area (Å²) in [4.78, 5) is 4.50. The van der Waals surface area contributed by atoms with E-state index in [1.807, 2.05) is 0 Å². The van der Waals surface area contributed by atoms with Crippen molar-refractivity contribution in [3.05, 3.63) is 46.9 Å². The Bertz CT molecular complexity index is 418. The first-order valence-electron chi connectivity index (χ1n) is 4.49. The molecule has 0 amide bonds. The Hall–Kier alpha value is -1.63. The van der Waals surface area contributed by atoms with Gasteiger partial charge in [0.1, 0.15) is 6.61 Å². The van der Waals surface area contributed by atoms with Crippen LogP contribution in [0.15, 0.2) is 12.3 Å². The fraction of sp³-hybridized carbons (Fsp3) is 0.200. The SMILES string of the molecule is CC=CNOCc1c(F)c(F)c(F)c(F)c1F. The lowest BCUT2D eigenvalue weighted by molar-refractivity contribution is 0.0526. The Morgan fingerprint density at radius 1 is 0.941 bits per heavy atom. The average molecular weight is 253 g/mol. The molecule has 1 aromatic rings. The van der Waals surface area contributed by atoms with Crippen LogP contribution in [-0.4, -0.2) is 0 Å². The van der Waals surface area contributed by atoms with Crippen LogP contribution in [0.1, 0.15) is 12.5 Å². The van der Waals surface area contributed by atoms with Gasteiger partial charge in [0.25, 0.3) is 0 Å². The van der Waals surface area contributed by atoms with E-state index in [2.05, 4.69) is 10.3 Å². The molecule has 0 radical (unpaired) electrons. The lowest BCUT2D eigenvalue weighted by Gasteiger charge is -2.08. The molecule has 0 saturated heterocycles. The number of benzene rings is 1. The highest BCUT2D eigenvalue weighted by Crippen LogP contribution is 2.23. The highest BCUT2D eigenvalue weighted by Gasteiger charge is 2.25. The van der Waals surface area contributed by atoms with Crippen LogP contribution in [0.25, 0.3) is 0 Å². The number of allylic oxidation sites excluding steroid dienone is 1. The van der Waals surface area contributed by atoms with Crippen molar-refractivity contribution in [3.63, 3.8) is 0 Å². The molecule has 0 aromatic heterocycles. The second kappa shape index (κ2) is 5.62. The molecule has 94 valence electrons. The zero-order valence-electron chi connectivity index (χ0n) is 8.66. The maximum Gasteiger partial charge on any atom is 0.200 e. The van der Waals surface area contributed by atoms with Crippen molar-refractivity contribution in [3.8, 4) is 0 Å². The van der Waals surface area contributed by atoms with Crippen LogP contribution in [-0.2, 0) is 11.4 Å². The van der Waals surface area contributed by atoms with Crippen LogP contribution in [0, 0.1) is 29.1 Å². The summed E-state index contributed by atoms with van der Waals surface area (Å²) in [6.07, 6.45) is 2.80. The van der Waals surface area contributed by atoms with E-state index in [0.717, 1.165) is 0 Å². The fourth-order valence-electron chi connectivity index (χ4n) is 1.01. The van der Waals surface area contributed by atoms with Crippen molar-refractivity contribution in [2.75, 3.05) is 0 Å². The summed E-state index contributed by atoms with van der Waals surface area (Å²) in [6.45, 7) is 0.838. The van der Waals surface area contributed by atoms with E-state index in [1.54, 1.807) is 6.92 Å². The molecule has 1 aromatic carbocycles. The molecule has 0 saturated carbocycles. The van der Waals surface area contributed by atoms with Gasteiger partial charge in [-0.05, 0) is 6.92 Å². The molecule has 0 aliphatic heterocycles. The lowest BCUT2D eigenvalue weighted by Crippen LogP contribution is -2.12. The number of hydrogen-bond acceptors (Lipinski definition) is 2. The van der Waals surface area contributed by atoms with Gasteiger partial charge in [-0.3, -0.25) is 10.3 Å². The average Bonchev–Trinajstić information content (AvgIpc) is 2.33. The minimum absolute atomic E-state index is 0.796. The van der Waals surface area contributed by atoms with Crippen molar-refractivity contribution < 1.29 is 26.8 Å². The molecule has 0 spiro atoms. The van der Waals surface area contributed by atoms with Crippen LogP contribution in [0.5, 0.6) is 0 Å². The quantitative estimate of drug-likeness (QED) is 0.293. The highest BCUT2D eigenvalue weighted by molar-refractivity contribution is 5.23. The number of halogens is 5. The Labute approximate surface area is 93.6 Å². The third kappa shape index (κ3) is 2.73. The zero-order chi connectivity index (χ0) is 13.0. The lowest BCUT2D eigenvalue weighted by atomic mass is 10.2. The molecule has 0 heterocycles. The highest BCUT2D eigenvalue weighted by atomic mass is 19.2. The Kier molecular flexibility index (Phi) is 4.45. The van der Waals surface area contributed by atoms with Gasteiger partial charge in [-0.2, -0.15) is 0 Å². The number of hydroxylamine groups is 1. The summed E-state index contributed by atoms with van der Waals surface area (Å²) in [7, 11) is 0. The third-order valence-electron chi connectivity index (χ3n) is 1.84. The molecule has 0 aliphatic carbocycles. The smallest absolute Gasteiger partial charge is 0.200 e. The number of rotatable bonds is 4. The summed E-state index contributed by atoms with van der Waals surface area (Å²) in [5.74, 6) is -9.97. The Morgan fingerprint density at radius 2 is 1.41 bits per heavy atom. The number of nitrogens with one attached hydrogen (secondary N) is 1. The Balaban J connectivity index is 2.99. The van der Waals surface area contributed by atoms with Gasteiger partial charge >= 0.3 is 0 Å². The van der Waals surface area contributed by atoms with Crippen LogP contribution in [0.4, 0.5) is 22.0 Å². The van der Waals surface area contributed by atoms with Crippen LogP contribution < -0.4 is 5.48 Å². The molecular weight excluding hydrogens is 245 g/mol. The summed E-state index contributed by atoms with van der Waals surface area (Å²) in [6, 6.07) is 0. The van der Waals surface area contributed by atoms with Gasteiger partial charge in [0.15, 0.2) is 23.3 Å². The molecule has 2 nitrogen and oxygen atoms in total. The number of hydrogen-bond donors (Lipinski definition) is 1. The molecule has 1 N–H and O–H groups in total.